The Morgan fingerprint density at radius 2 is 2.33 bits per heavy atom. The van der Waals surface area contributed by atoms with Crippen molar-refractivity contribution in [3.63, 3.8) is 0 Å². The van der Waals surface area contributed by atoms with Crippen molar-refractivity contribution in [2.75, 3.05) is 6.61 Å². The molecule has 3 heteroatoms. The van der Waals surface area contributed by atoms with Crippen LogP contribution in [0.15, 0.2) is 0 Å². The molecular weight excluding hydrogens is 154 g/mol. The lowest BCUT2D eigenvalue weighted by Crippen LogP contribution is -2.68. The smallest absolute Gasteiger partial charge is 0.228 e. The Bertz CT molecular complexity index is 207. The highest BCUT2D eigenvalue weighted by molar-refractivity contribution is 5.89. The predicted octanol–water partition coefficient (Wildman–Crippen LogP) is 0.690. The number of carbonyl (C=O) groups excluding carboxylic acids is 1. The van der Waals surface area contributed by atoms with Gasteiger partial charge in [0.25, 0.3) is 0 Å². The fourth-order valence-corrected chi connectivity index (χ4v) is 1.99. The second-order valence-corrected chi connectivity index (χ2v) is 4.22. The molecule has 2 aliphatic rings. The number of ether oxygens (including phenoxy) is 1. The lowest BCUT2D eigenvalue weighted by atomic mass is 9.73. The first-order valence-electron chi connectivity index (χ1n) is 4.55. The summed E-state index contributed by atoms with van der Waals surface area (Å²) < 4.78 is 5.53. The molecule has 0 aromatic rings. The zero-order valence-corrected chi connectivity index (χ0v) is 7.59. The first-order valence-corrected chi connectivity index (χ1v) is 4.55. The maximum absolute atomic E-state index is 11.2. The first kappa shape index (κ1) is 8.05. The highest BCUT2D eigenvalue weighted by atomic mass is 16.5. The van der Waals surface area contributed by atoms with Gasteiger partial charge in [-0.1, -0.05) is 0 Å². The van der Waals surface area contributed by atoms with Crippen molar-refractivity contribution in [3.05, 3.63) is 0 Å². The number of nitrogens with one attached hydrogen (secondary N) is 1. The number of amides is 1. The van der Waals surface area contributed by atoms with Gasteiger partial charge in [0.05, 0.1) is 17.6 Å². The van der Waals surface area contributed by atoms with E-state index in [1.54, 1.807) is 0 Å². The van der Waals surface area contributed by atoms with Crippen LogP contribution in [0.2, 0.25) is 0 Å². The maximum Gasteiger partial charge on any atom is 0.228 e. The highest BCUT2D eigenvalue weighted by Crippen LogP contribution is 2.35. The molecule has 0 aromatic heterocycles. The van der Waals surface area contributed by atoms with Crippen LogP contribution in [0, 0.1) is 5.41 Å². The normalized spacial score (nSPS) is 39.0. The Hall–Kier alpha value is -0.570. The fraction of sp³-hybridized carbons (Fsp3) is 0.889. The summed E-state index contributed by atoms with van der Waals surface area (Å²) in [6.07, 6.45) is 2.49. The fourth-order valence-electron chi connectivity index (χ4n) is 1.99. The molecule has 1 N–H and O–H groups in total. The molecule has 0 unspecified atom stereocenters. The Kier molecular flexibility index (Phi) is 1.65. The molecule has 12 heavy (non-hydrogen) atoms. The van der Waals surface area contributed by atoms with E-state index in [-0.39, 0.29) is 23.5 Å². The molecule has 2 rings (SSSR count). The predicted molar refractivity (Wildman–Crippen MR) is 44.7 cm³/mol. The van der Waals surface area contributed by atoms with Crippen LogP contribution >= 0.6 is 0 Å². The summed E-state index contributed by atoms with van der Waals surface area (Å²) in [5.74, 6) is 0.156. The molecule has 0 radical (unpaired) electrons. The van der Waals surface area contributed by atoms with Crippen LogP contribution in [-0.4, -0.2) is 24.7 Å². The Labute approximate surface area is 72.5 Å². The van der Waals surface area contributed by atoms with Gasteiger partial charge in [-0.15, -0.1) is 0 Å². The minimum Gasteiger partial charge on any atom is -0.376 e. The second kappa shape index (κ2) is 2.46. The lowest BCUT2D eigenvalue weighted by Gasteiger charge is -2.46. The number of rotatable bonds is 1. The van der Waals surface area contributed by atoms with Crippen LogP contribution in [0.4, 0.5) is 0 Å². The van der Waals surface area contributed by atoms with Crippen molar-refractivity contribution in [2.24, 2.45) is 5.41 Å². The quantitative estimate of drug-likeness (QED) is 0.586. The molecule has 2 aliphatic heterocycles. The third-order valence-corrected chi connectivity index (χ3v) is 2.99. The van der Waals surface area contributed by atoms with Gasteiger partial charge in [0, 0.05) is 6.61 Å². The standard InChI is InChI=1S/C9H15NO2/c1-9(2)7(10-8(9)11)6-4-3-5-12-6/h6-7H,3-5H2,1-2H3,(H,10,11)/t6-,7+/m1/s1. The molecule has 68 valence electrons. The van der Waals surface area contributed by atoms with Gasteiger partial charge in [-0.2, -0.15) is 0 Å². The van der Waals surface area contributed by atoms with Gasteiger partial charge in [-0.05, 0) is 26.7 Å². The monoisotopic (exact) mass is 169 g/mol. The van der Waals surface area contributed by atoms with E-state index >= 15 is 0 Å². The maximum atomic E-state index is 11.2. The van der Waals surface area contributed by atoms with E-state index in [9.17, 15) is 4.79 Å². The van der Waals surface area contributed by atoms with Crippen molar-refractivity contribution in [2.45, 2.75) is 38.8 Å². The summed E-state index contributed by atoms with van der Waals surface area (Å²) in [4.78, 5) is 11.2. The highest BCUT2D eigenvalue weighted by Gasteiger charge is 2.51. The minimum atomic E-state index is -0.213. The number of hydrogen-bond donors (Lipinski definition) is 1. The third-order valence-electron chi connectivity index (χ3n) is 2.99. The van der Waals surface area contributed by atoms with Crippen molar-refractivity contribution in [3.8, 4) is 0 Å². The summed E-state index contributed by atoms with van der Waals surface area (Å²) in [6.45, 7) is 4.82. The first-order chi connectivity index (χ1) is 5.62. The number of hydrogen-bond acceptors (Lipinski definition) is 2. The summed E-state index contributed by atoms with van der Waals surface area (Å²) in [7, 11) is 0. The van der Waals surface area contributed by atoms with Gasteiger partial charge in [-0.3, -0.25) is 4.79 Å². The van der Waals surface area contributed by atoms with E-state index in [2.05, 4.69) is 5.32 Å². The molecule has 0 aliphatic carbocycles. The van der Waals surface area contributed by atoms with Crippen LogP contribution < -0.4 is 5.32 Å². The van der Waals surface area contributed by atoms with E-state index in [0.717, 1.165) is 19.4 Å². The molecule has 2 saturated heterocycles. The molecule has 2 atom stereocenters. The Morgan fingerprint density at radius 1 is 1.58 bits per heavy atom. The zero-order valence-electron chi connectivity index (χ0n) is 7.59. The summed E-state index contributed by atoms with van der Waals surface area (Å²) in [5.41, 5.74) is -0.213. The number of β-lactam (4-membered cyclic amide) rings is 1. The second-order valence-electron chi connectivity index (χ2n) is 4.22. The Balaban J connectivity index is 2.02. The van der Waals surface area contributed by atoms with Crippen LogP contribution in [0.3, 0.4) is 0 Å². The van der Waals surface area contributed by atoms with Crippen molar-refractivity contribution < 1.29 is 9.53 Å². The molecular formula is C9H15NO2. The lowest BCUT2D eigenvalue weighted by molar-refractivity contribution is -0.148. The molecule has 0 spiro atoms. The topological polar surface area (TPSA) is 38.3 Å². The van der Waals surface area contributed by atoms with Crippen molar-refractivity contribution in [1.29, 1.82) is 0 Å². The summed E-state index contributed by atoms with van der Waals surface area (Å²) >= 11 is 0. The molecule has 3 nitrogen and oxygen atoms in total. The minimum absolute atomic E-state index is 0.156. The third kappa shape index (κ3) is 0.959. The molecule has 0 bridgehead atoms. The van der Waals surface area contributed by atoms with E-state index in [0.29, 0.717) is 0 Å². The SMILES string of the molecule is CC1(C)C(=O)N[C@H]1[C@H]1CCCO1. The van der Waals surface area contributed by atoms with E-state index in [1.807, 2.05) is 13.8 Å². The van der Waals surface area contributed by atoms with Crippen LogP contribution in [-0.2, 0) is 9.53 Å². The van der Waals surface area contributed by atoms with Gasteiger partial charge >= 0.3 is 0 Å². The van der Waals surface area contributed by atoms with Gasteiger partial charge < -0.3 is 10.1 Å². The van der Waals surface area contributed by atoms with Crippen molar-refractivity contribution in [1.82, 2.24) is 5.32 Å². The summed E-state index contributed by atoms with van der Waals surface area (Å²) in [5, 5.41) is 2.91. The van der Waals surface area contributed by atoms with Gasteiger partial charge in [0.2, 0.25) is 5.91 Å². The van der Waals surface area contributed by atoms with E-state index in [4.69, 9.17) is 4.74 Å². The van der Waals surface area contributed by atoms with Crippen LogP contribution in [0.25, 0.3) is 0 Å². The van der Waals surface area contributed by atoms with Gasteiger partial charge in [0.15, 0.2) is 0 Å². The molecule has 0 saturated carbocycles. The summed E-state index contributed by atoms with van der Waals surface area (Å²) in [6, 6.07) is 0.243. The van der Waals surface area contributed by atoms with E-state index in [1.165, 1.54) is 0 Å². The largest absolute Gasteiger partial charge is 0.376 e. The number of carbonyl (C=O) groups is 1. The Morgan fingerprint density at radius 3 is 2.75 bits per heavy atom. The van der Waals surface area contributed by atoms with Crippen LogP contribution in [0.1, 0.15) is 26.7 Å². The molecule has 0 aromatic carbocycles. The molecule has 2 heterocycles. The van der Waals surface area contributed by atoms with Crippen molar-refractivity contribution >= 4 is 5.91 Å². The van der Waals surface area contributed by atoms with Gasteiger partial charge in [0.1, 0.15) is 0 Å². The average molecular weight is 169 g/mol. The van der Waals surface area contributed by atoms with Gasteiger partial charge in [-0.25, -0.2) is 0 Å². The van der Waals surface area contributed by atoms with Crippen LogP contribution in [0.5, 0.6) is 0 Å². The molecule has 1 amide bonds. The average Bonchev–Trinajstić information content (AvgIpc) is 2.51. The van der Waals surface area contributed by atoms with E-state index < -0.39 is 0 Å². The zero-order chi connectivity index (χ0) is 8.77. The molecule has 2 fully saturated rings.